The van der Waals surface area contributed by atoms with Gasteiger partial charge >= 0.3 is 0 Å². The van der Waals surface area contributed by atoms with Gasteiger partial charge in [0.25, 0.3) is 0 Å². The van der Waals surface area contributed by atoms with Crippen molar-refractivity contribution < 1.29 is 4.79 Å². The smallest absolute Gasteiger partial charge is 0.223 e. The third-order valence-electron chi connectivity index (χ3n) is 3.68. The predicted octanol–water partition coefficient (Wildman–Crippen LogP) is 2.64. The second-order valence-corrected chi connectivity index (χ2v) is 6.73. The van der Waals surface area contributed by atoms with Gasteiger partial charge in [0.2, 0.25) is 5.91 Å². The Morgan fingerprint density at radius 3 is 2.38 bits per heavy atom. The van der Waals surface area contributed by atoms with Crippen molar-refractivity contribution in [3.05, 3.63) is 29.8 Å². The van der Waals surface area contributed by atoms with E-state index in [1.165, 1.54) is 0 Å². The number of benzene rings is 1. The summed E-state index contributed by atoms with van der Waals surface area (Å²) in [7, 11) is 0. The van der Waals surface area contributed by atoms with E-state index >= 15 is 0 Å². The molecule has 1 aromatic rings. The molecule has 0 saturated carbocycles. The number of carbonyl (C=O) groups is 1. The van der Waals surface area contributed by atoms with Crippen LogP contribution in [0.15, 0.2) is 24.3 Å². The Hall–Kier alpha value is -2.02. The van der Waals surface area contributed by atoms with Crippen molar-refractivity contribution >= 4 is 11.6 Å². The first kappa shape index (κ1) is 15.4. The standard InChI is InChI=1S/C17H23N3O/c1-17(2,3)12-16(21)20-10-8-19(9-11-20)15-7-5-4-6-14(15)13-18/h4-7H,8-12H2,1-3H3. The molecule has 0 spiro atoms. The van der Waals surface area contributed by atoms with Gasteiger partial charge in [0, 0.05) is 32.6 Å². The van der Waals surface area contributed by atoms with Crippen LogP contribution in [0.4, 0.5) is 5.69 Å². The van der Waals surface area contributed by atoms with E-state index in [-0.39, 0.29) is 11.3 Å². The molecule has 1 amide bonds. The summed E-state index contributed by atoms with van der Waals surface area (Å²) in [6.45, 7) is 9.30. The number of rotatable bonds is 2. The monoisotopic (exact) mass is 285 g/mol. The lowest BCUT2D eigenvalue weighted by molar-refractivity contribution is -0.133. The summed E-state index contributed by atoms with van der Waals surface area (Å²) in [4.78, 5) is 16.4. The molecule has 2 rings (SSSR count). The fourth-order valence-electron chi connectivity index (χ4n) is 2.61. The number of para-hydroxylation sites is 1. The van der Waals surface area contributed by atoms with Crippen molar-refractivity contribution in [3.8, 4) is 6.07 Å². The summed E-state index contributed by atoms with van der Waals surface area (Å²) < 4.78 is 0. The molecule has 112 valence electrons. The Labute approximate surface area is 127 Å². The summed E-state index contributed by atoms with van der Waals surface area (Å²) in [6.07, 6.45) is 0.585. The molecular weight excluding hydrogens is 262 g/mol. The van der Waals surface area contributed by atoms with Crippen LogP contribution in [0.5, 0.6) is 0 Å². The molecule has 0 bridgehead atoms. The maximum atomic E-state index is 12.2. The number of hydrogen-bond donors (Lipinski definition) is 0. The second kappa shape index (κ2) is 6.17. The lowest BCUT2D eigenvalue weighted by Gasteiger charge is -2.37. The van der Waals surface area contributed by atoms with Crippen molar-refractivity contribution in [2.24, 2.45) is 5.41 Å². The van der Waals surface area contributed by atoms with E-state index in [4.69, 9.17) is 0 Å². The predicted molar refractivity (Wildman–Crippen MR) is 84.0 cm³/mol. The highest BCUT2D eigenvalue weighted by Crippen LogP contribution is 2.23. The quantitative estimate of drug-likeness (QED) is 0.839. The number of hydrogen-bond acceptors (Lipinski definition) is 3. The van der Waals surface area contributed by atoms with Crippen molar-refractivity contribution in [2.45, 2.75) is 27.2 Å². The van der Waals surface area contributed by atoms with Crippen LogP contribution in [0.3, 0.4) is 0 Å². The van der Waals surface area contributed by atoms with Crippen LogP contribution in [0.25, 0.3) is 0 Å². The Balaban J connectivity index is 1.98. The van der Waals surface area contributed by atoms with Gasteiger partial charge in [-0.2, -0.15) is 5.26 Å². The molecule has 0 aliphatic carbocycles. The summed E-state index contributed by atoms with van der Waals surface area (Å²) >= 11 is 0. The molecular formula is C17H23N3O. The minimum atomic E-state index is 0.0294. The summed E-state index contributed by atoms with van der Waals surface area (Å²) in [5, 5.41) is 9.18. The van der Waals surface area contributed by atoms with Crippen LogP contribution in [-0.4, -0.2) is 37.0 Å². The first-order valence-corrected chi connectivity index (χ1v) is 7.42. The van der Waals surface area contributed by atoms with Gasteiger partial charge in [-0.15, -0.1) is 0 Å². The molecule has 4 nitrogen and oxygen atoms in total. The molecule has 1 aliphatic heterocycles. The normalized spacial score (nSPS) is 15.7. The van der Waals surface area contributed by atoms with Crippen molar-refractivity contribution in [1.82, 2.24) is 4.90 Å². The number of anilines is 1. The molecule has 0 unspecified atom stereocenters. The van der Waals surface area contributed by atoms with Gasteiger partial charge in [-0.3, -0.25) is 4.79 Å². The molecule has 21 heavy (non-hydrogen) atoms. The molecule has 0 radical (unpaired) electrons. The fraction of sp³-hybridized carbons (Fsp3) is 0.529. The Bertz CT molecular complexity index is 546. The average Bonchev–Trinajstić information content (AvgIpc) is 2.45. The van der Waals surface area contributed by atoms with Gasteiger partial charge in [0.1, 0.15) is 6.07 Å². The van der Waals surface area contributed by atoms with Gasteiger partial charge in [-0.05, 0) is 17.5 Å². The number of nitriles is 1. The summed E-state index contributed by atoms with van der Waals surface area (Å²) in [6, 6.07) is 9.88. The molecule has 4 heteroatoms. The largest absolute Gasteiger partial charge is 0.367 e. The second-order valence-electron chi connectivity index (χ2n) is 6.73. The zero-order chi connectivity index (χ0) is 15.5. The first-order chi connectivity index (χ1) is 9.90. The van der Waals surface area contributed by atoms with Crippen LogP contribution in [0, 0.1) is 16.7 Å². The molecule has 1 aliphatic rings. The number of carbonyl (C=O) groups excluding carboxylic acids is 1. The number of nitrogens with zero attached hydrogens (tertiary/aromatic N) is 3. The van der Waals surface area contributed by atoms with E-state index in [0.29, 0.717) is 12.0 Å². The molecule has 0 atom stereocenters. The maximum absolute atomic E-state index is 12.2. The fourth-order valence-corrected chi connectivity index (χ4v) is 2.61. The van der Waals surface area contributed by atoms with E-state index in [9.17, 15) is 10.1 Å². The van der Waals surface area contributed by atoms with Crippen LogP contribution in [0.1, 0.15) is 32.8 Å². The molecule has 0 aromatic heterocycles. The van der Waals surface area contributed by atoms with E-state index < -0.39 is 0 Å². The lowest BCUT2D eigenvalue weighted by Crippen LogP contribution is -2.49. The molecule has 0 N–H and O–H groups in total. The van der Waals surface area contributed by atoms with E-state index in [2.05, 4.69) is 31.7 Å². The minimum absolute atomic E-state index is 0.0294. The molecule has 1 saturated heterocycles. The Kier molecular flexibility index (Phi) is 4.52. The summed E-state index contributed by atoms with van der Waals surface area (Å²) in [5.41, 5.74) is 1.71. The third-order valence-corrected chi connectivity index (χ3v) is 3.68. The maximum Gasteiger partial charge on any atom is 0.223 e. The molecule has 1 fully saturated rings. The highest BCUT2D eigenvalue weighted by atomic mass is 16.2. The van der Waals surface area contributed by atoms with Crippen molar-refractivity contribution in [2.75, 3.05) is 31.1 Å². The third kappa shape index (κ3) is 3.98. The van der Waals surface area contributed by atoms with Gasteiger partial charge in [0.05, 0.1) is 11.3 Å². The zero-order valence-corrected chi connectivity index (χ0v) is 13.1. The lowest BCUT2D eigenvalue weighted by atomic mass is 9.91. The molecule has 1 aromatic carbocycles. The number of piperazine rings is 1. The first-order valence-electron chi connectivity index (χ1n) is 7.42. The van der Waals surface area contributed by atoms with Crippen molar-refractivity contribution in [3.63, 3.8) is 0 Å². The summed E-state index contributed by atoms with van der Waals surface area (Å²) in [5.74, 6) is 0.232. The number of amides is 1. The van der Waals surface area contributed by atoms with Crippen molar-refractivity contribution in [1.29, 1.82) is 5.26 Å². The zero-order valence-electron chi connectivity index (χ0n) is 13.1. The minimum Gasteiger partial charge on any atom is -0.367 e. The Morgan fingerprint density at radius 2 is 1.81 bits per heavy atom. The molecule has 1 heterocycles. The topological polar surface area (TPSA) is 47.3 Å². The Morgan fingerprint density at radius 1 is 1.19 bits per heavy atom. The van der Waals surface area contributed by atoms with Gasteiger partial charge in [-0.25, -0.2) is 0 Å². The van der Waals surface area contributed by atoms with Gasteiger partial charge < -0.3 is 9.80 Å². The highest BCUT2D eigenvalue weighted by Gasteiger charge is 2.25. The SMILES string of the molecule is CC(C)(C)CC(=O)N1CCN(c2ccccc2C#N)CC1. The van der Waals surface area contributed by atoms with Crippen LogP contribution < -0.4 is 4.90 Å². The van der Waals surface area contributed by atoms with Crippen LogP contribution >= 0.6 is 0 Å². The van der Waals surface area contributed by atoms with E-state index in [1.54, 1.807) is 0 Å². The average molecular weight is 285 g/mol. The highest BCUT2D eigenvalue weighted by molar-refractivity contribution is 5.77. The van der Waals surface area contributed by atoms with Gasteiger partial charge in [-0.1, -0.05) is 32.9 Å². The van der Waals surface area contributed by atoms with Crippen LogP contribution in [-0.2, 0) is 4.79 Å². The van der Waals surface area contributed by atoms with Crippen LogP contribution in [0.2, 0.25) is 0 Å². The van der Waals surface area contributed by atoms with E-state index in [0.717, 1.165) is 31.9 Å². The van der Waals surface area contributed by atoms with Gasteiger partial charge in [0.15, 0.2) is 0 Å². The van der Waals surface area contributed by atoms with E-state index in [1.807, 2.05) is 29.2 Å².